The predicted octanol–water partition coefficient (Wildman–Crippen LogP) is 1.08. The standard InChI is InChI=1S/C12H16ClNO3/c1-9-3-2-4-10(11(9)13)12(17)14(5-7-15)6-8-16/h2-4,15-16H,5-8H2,1H3. The molecule has 0 radical (unpaired) electrons. The van der Waals surface area contributed by atoms with Crippen LogP contribution in [0, 0.1) is 6.92 Å². The first-order valence-corrected chi connectivity index (χ1v) is 5.75. The zero-order valence-electron chi connectivity index (χ0n) is 9.69. The van der Waals surface area contributed by atoms with Gasteiger partial charge in [-0.2, -0.15) is 0 Å². The van der Waals surface area contributed by atoms with Crippen molar-refractivity contribution in [2.45, 2.75) is 6.92 Å². The van der Waals surface area contributed by atoms with Crippen molar-refractivity contribution < 1.29 is 15.0 Å². The Kier molecular flexibility index (Phi) is 5.41. The fourth-order valence-corrected chi connectivity index (χ4v) is 1.75. The lowest BCUT2D eigenvalue weighted by Gasteiger charge is -2.21. The van der Waals surface area contributed by atoms with E-state index in [1.165, 1.54) is 4.90 Å². The Morgan fingerprint density at radius 1 is 1.29 bits per heavy atom. The molecule has 0 unspecified atom stereocenters. The first-order chi connectivity index (χ1) is 8.11. The van der Waals surface area contributed by atoms with Gasteiger partial charge in [0, 0.05) is 13.1 Å². The Balaban J connectivity index is 2.96. The molecule has 0 aliphatic rings. The molecule has 0 saturated heterocycles. The van der Waals surface area contributed by atoms with Crippen molar-refractivity contribution in [2.24, 2.45) is 0 Å². The summed E-state index contributed by atoms with van der Waals surface area (Å²) < 4.78 is 0. The molecular weight excluding hydrogens is 242 g/mol. The average molecular weight is 258 g/mol. The first-order valence-electron chi connectivity index (χ1n) is 5.38. The van der Waals surface area contributed by atoms with E-state index in [0.29, 0.717) is 10.6 Å². The number of aryl methyl sites for hydroxylation is 1. The fourth-order valence-electron chi connectivity index (χ4n) is 1.54. The Labute approximate surface area is 105 Å². The minimum absolute atomic E-state index is 0.144. The van der Waals surface area contributed by atoms with E-state index in [0.717, 1.165) is 5.56 Å². The van der Waals surface area contributed by atoms with E-state index >= 15 is 0 Å². The number of carbonyl (C=O) groups is 1. The van der Waals surface area contributed by atoms with Crippen LogP contribution < -0.4 is 0 Å². The summed E-state index contributed by atoms with van der Waals surface area (Å²) in [5.74, 6) is -0.276. The lowest BCUT2D eigenvalue weighted by Crippen LogP contribution is -2.36. The third-order valence-electron chi connectivity index (χ3n) is 2.45. The molecule has 0 saturated carbocycles. The fraction of sp³-hybridized carbons (Fsp3) is 0.417. The number of nitrogens with zero attached hydrogens (tertiary/aromatic N) is 1. The summed E-state index contributed by atoms with van der Waals surface area (Å²) in [6, 6.07) is 5.21. The summed E-state index contributed by atoms with van der Waals surface area (Å²) in [4.78, 5) is 13.5. The largest absolute Gasteiger partial charge is 0.395 e. The first kappa shape index (κ1) is 14.0. The molecule has 17 heavy (non-hydrogen) atoms. The molecule has 0 fully saturated rings. The number of hydrogen-bond acceptors (Lipinski definition) is 3. The topological polar surface area (TPSA) is 60.8 Å². The highest BCUT2D eigenvalue weighted by molar-refractivity contribution is 6.34. The van der Waals surface area contributed by atoms with Gasteiger partial charge in [0.25, 0.3) is 5.91 Å². The molecule has 1 aromatic rings. The highest BCUT2D eigenvalue weighted by Gasteiger charge is 2.18. The number of aliphatic hydroxyl groups is 2. The minimum atomic E-state index is -0.276. The van der Waals surface area contributed by atoms with Crippen LogP contribution in [0.4, 0.5) is 0 Å². The van der Waals surface area contributed by atoms with Gasteiger partial charge in [0.1, 0.15) is 0 Å². The number of hydrogen-bond donors (Lipinski definition) is 2. The molecule has 4 nitrogen and oxygen atoms in total. The van der Waals surface area contributed by atoms with Gasteiger partial charge in [-0.1, -0.05) is 23.7 Å². The number of aliphatic hydroxyl groups excluding tert-OH is 2. The second-order valence-corrected chi connectivity index (χ2v) is 4.05. The van der Waals surface area contributed by atoms with Crippen molar-refractivity contribution in [1.82, 2.24) is 4.90 Å². The van der Waals surface area contributed by atoms with Crippen molar-refractivity contribution >= 4 is 17.5 Å². The highest BCUT2D eigenvalue weighted by atomic mass is 35.5. The molecule has 0 atom stereocenters. The normalized spacial score (nSPS) is 10.4. The van der Waals surface area contributed by atoms with Crippen LogP contribution in [0.2, 0.25) is 5.02 Å². The van der Waals surface area contributed by atoms with Crippen molar-refractivity contribution in [2.75, 3.05) is 26.3 Å². The van der Waals surface area contributed by atoms with E-state index in [-0.39, 0.29) is 32.2 Å². The number of amides is 1. The van der Waals surface area contributed by atoms with Crippen molar-refractivity contribution in [3.05, 3.63) is 34.3 Å². The molecule has 0 aromatic heterocycles. The summed E-state index contributed by atoms with van der Waals surface area (Å²) in [5, 5.41) is 18.2. The number of benzene rings is 1. The van der Waals surface area contributed by atoms with E-state index < -0.39 is 0 Å². The van der Waals surface area contributed by atoms with Gasteiger partial charge in [-0.3, -0.25) is 4.79 Å². The zero-order chi connectivity index (χ0) is 12.8. The molecule has 0 bridgehead atoms. The monoisotopic (exact) mass is 257 g/mol. The van der Waals surface area contributed by atoms with Crippen LogP contribution in [-0.4, -0.2) is 47.3 Å². The number of carbonyl (C=O) groups excluding carboxylic acids is 1. The predicted molar refractivity (Wildman–Crippen MR) is 66.3 cm³/mol. The maximum Gasteiger partial charge on any atom is 0.255 e. The van der Waals surface area contributed by atoms with E-state index in [9.17, 15) is 4.79 Å². The van der Waals surface area contributed by atoms with Crippen LogP contribution in [0.3, 0.4) is 0 Å². The smallest absolute Gasteiger partial charge is 0.255 e. The van der Waals surface area contributed by atoms with Crippen molar-refractivity contribution in [3.63, 3.8) is 0 Å². The lowest BCUT2D eigenvalue weighted by atomic mass is 10.1. The van der Waals surface area contributed by atoms with E-state index in [2.05, 4.69) is 0 Å². The summed E-state index contributed by atoms with van der Waals surface area (Å²) in [5.41, 5.74) is 1.22. The van der Waals surface area contributed by atoms with E-state index in [1.54, 1.807) is 12.1 Å². The average Bonchev–Trinajstić information content (AvgIpc) is 2.31. The van der Waals surface area contributed by atoms with Crippen molar-refractivity contribution in [3.8, 4) is 0 Å². The van der Waals surface area contributed by atoms with Gasteiger partial charge in [0.15, 0.2) is 0 Å². The lowest BCUT2D eigenvalue weighted by molar-refractivity contribution is 0.0685. The molecule has 94 valence electrons. The van der Waals surface area contributed by atoms with Gasteiger partial charge in [-0.15, -0.1) is 0 Å². The van der Waals surface area contributed by atoms with Crippen LogP contribution in [0.15, 0.2) is 18.2 Å². The van der Waals surface area contributed by atoms with Crippen molar-refractivity contribution in [1.29, 1.82) is 0 Å². The molecule has 1 rings (SSSR count). The Hall–Kier alpha value is -1.10. The van der Waals surface area contributed by atoms with Crippen LogP contribution in [0.1, 0.15) is 15.9 Å². The van der Waals surface area contributed by atoms with E-state index in [1.807, 2.05) is 13.0 Å². The third kappa shape index (κ3) is 3.43. The second-order valence-electron chi connectivity index (χ2n) is 3.68. The summed E-state index contributed by atoms with van der Waals surface area (Å²) >= 11 is 6.06. The van der Waals surface area contributed by atoms with Gasteiger partial charge >= 0.3 is 0 Å². The van der Waals surface area contributed by atoms with Gasteiger partial charge in [-0.25, -0.2) is 0 Å². The molecular formula is C12H16ClNO3. The highest BCUT2D eigenvalue weighted by Crippen LogP contribution is 2.21. The molecule has 0 heterocycles. The molecule has 5 heteroatoms. The summed E-state index contributed by atoms with van der Waals surface area (Å²) in [6.45, 7) is 1.90. The van der Waals surface area contributed by atoms with E-state index in [4.69, 9.17) is 21.8 Å². The van der Waals surface area contributed by atoms with Gasteiger partial charge in [-0.05, 0) is 18.6 Å². The summed E-state index contributed by atoms with van der Waals surface area (Å²) in [6.07, 6.45) is 0. The maximum atomic E-state index is 12.1. The SMILES string of the molecule is Cc1cccc(C(=O)N(CCO)CCO)c1Cl. The van der Waals surface area contributed by atoms with Crippen LogP contribution in [0.5, 0.6) is 0 Å². The van der Waals surface area contributed by atoms with Gasteiger partial charge < -0.3 is 15.1 Å². The van der Waals surface area contributed by atoms with Crippen LogP contribution in [-0.2, 0) is 0 Å². The second kappa shape index (κ2) is 6.59. The molecule has 0 spiro atoms. The maximum absolute atomic E-state index is 12.1. The quantitative estimate of drug-likeness (QED) is 0.830. The van der Waals surface area contributed by atoms with Gasteiger partial charge in [0.2, 0.25) is 0 Å². The Bertz CT molecular complexity index is 389. The Morgan fingerprint density at radius 2 is 1.88 bits per heavy atom. The molecule has 2 N–H and O–H groups in total. The zero-order valence-corrected chi connectivity index (χ0v) is 10.4. The number of halogens is 1. The number of rotatable bonds is 5. The third-order valence-corrected chi connectivity index (χ3v) is 2.95. The molecule has 1 aromatic carbocycles. The van der Waals surface area contributed by atoms with Gasteiger partial charge in [0.05, 0.1) is 23.8 Å². The molecule has 0 aliphatic heterocycles. The Morgan fingerprint density at radius 3 is 2.41 bits per heavy atom. The minimum Gasteiger partial charge on any atom is -0.395 e. The summed E-state index contributed by atoms with van der Waals surface area (Å²) in [7, 11) is 0. The molecule has 1 amide bonds. The van der Waals surface area contributed by atoms with Crippen LogP contribution >= 0.6 is 11.6 Å². The molecule has 0 aliphatic carbocycles. The van der Waals surface area contributed by atoms with Crippen LogP contribution in [0.25, 0.3) is 0 Å².